The number of rotatable bonds is 5. The van der Waals surface area contributed by atoms with Gasteiger partial charge in [-0.05, 0) is 30.3 Å². The second-order valence-electron chi connectivity index (χ2n) is 6.23. The van der Waals surface area contributed by atoms with Crippen molar-refractivity contribution in [3.63, 3.8) is 0 Å². The van der Waals surface area contributed by atoms with Crippen molar-refractivity contribution >= 4 is 6.03 Å². The van der Waals surface area contributed by atoms with Crippen LogP contribution in [0.2, 0.25) is 0 Å². The minimum absolute atomic E-state index is 0.0405. The van der Waals surface area contributed by atoms with Crippen molar-refractivity contribution in [1.82, 2.24) is 10.2 Å². The first kappa shape index (κ1) is 18.0. The van der Waals surface area contributed by atoms with Crippen LogP contribution in [0.3, 0.4) is 0 Å². The zero-order valence-corrected chi connectivity index (χ0v) is 14.8. The smallest absolute Gasteiger partial charge is 0.317 e. The van der Waals surface area contributed by atoms with Gasteiger partial charge < -0.3 is 19.7 Å². The molecule has 6 heteroatoms. The Morgan fingerprint density at radius 2 is 1.85 bits per heavy atom. The van der Waals surface area contributed by atoms with Crippen LogP contribution in [0.15, 0.2) is 48.5 Å². The third kappa shape index (κ3) is 4.65. The number of hydrogen-bond acceptors (Lipinski definition) is 3. The largest absolute Gasteiger partial charge is 0.496 e. The number of benzene rings is 2. The summed E-state index contributed by atoms with van der Waals surface area (Å²) in [6.45, 7) is 1.68. The zero-order valence-electron chi connectivity index (χ0n) is 14.8. The molecule has 2 aromatic rings. The van der Waals surface area contributed by atoms with Gasteiger partial charge in [0.25, 0.3) is 0 Å². The second-order valence-corrected chi connectivity index (χ2v) is 6.23. The molecule has 138 valence electrons. The first-order valence-electron chi connectivity index (χ1n) is 8.72. The second kappa shape index (κ2) is 8.56. The number of hydrogen-bond donors (Lipinski definition) is 1. The summed E-state index contributed by atoms with van der Waals surface area (Å²) in [5, 5.41) is 2.94. The predicted molar refractivity (Wildman–Crippen MR) is 96.9 cm³/mol. The van der Waals surface area contributed by atoms with Crippen LogP contribution < -0.4 is 14.8 Å². The van der Waals surface area contributed by atoms with E-state index in [1.54, 1.807) is 24.1 Å². The molecule has 2 aromatic carbocycles. The molecule has 0 spiro atoms. The fourth-order valence-electron chi connectivity index (χ4n) is 3.01. The van der Waals surface area contributed by atoms with Gasteiger partial charge in [0.2, 0.25) is 0 Å². The monoisotopic (exact) mass is 358 g/mol. The molecule has 5 nitrogen and oxygen atoms in total. The molecule has 0 aromatic heterocycles. The molecule has 0 bridgehead atoms. The lowest BCUT2D eigenvalue weighted by Gasteiger charge is -2.32. The number of carbonyl (C=O) groups excluding carboxylic acids is 1. The highest BCUT2D eigenvalue weighted by molar-refractivity contribution is 5.74. The average Bonchev–Trinajstić information content (AvgIpc) is 2.68. The number of carbonyl (C=O) groups is 1. The molecular formula is C20H23FN2O3. The maximum absolute atomic E-state index is 12.9. The summed E-state index contributed by atoms with van der Waals surface area (Å²) in [5.41, 5.74) is 0.942. The van der Waals surface area contributed by atoms with E-state index < -0.39 is 0 Å². The van der Waals surface area contributed by atoms with Crippen LogP contribution in [0.5, 0.6) is 11.5 Å². The van der Waals surface area contributed by atoms with Gasteiger partial charge in [-0.1, -0.05) is 18.2 Å². The van der Waals surface area contributed by atoms with E-state index in [1.807, 2.05) is 24.3 Å². The van der Waals surface area contributed by atoms with Crippen molar-refractivity contribution in [1.29, 1.82) is 0 Å². The predicted octanol–water partition coefficient (Wildman–Crippen LogP) is 3.59. The molecule has 0 aliphatic carbocycles. The highest BCUT2D eigenvalue weighted by Crippen LogP contribution is 2.20. The summed E-state index contributed by atoms with van der Waals surface area (Å²) in [6.07, 6.45) is 1.54. The van der Waals surface area contributed by atoms with Gasteiger partial charge >= 0.3 is 6.03 Å². The van der Waals surface area contributed by atoms with E-state index in [2.05, 4.69) is 5.32 Å². The number of ether oxygens (including phenoxy) is 2. The lowest BCUT2D eigenvalue weighted by atomic mass is 10.1. The molecule has 2 amide bonds. The lowest BCUT2D eigenvalue weighted by molar-refractivity contribution is 0.111. The van der Waals surface area contributed by atoms with Crippen molar-refractivity contribution in [2.75, 3.05) is 20.2 Å². The molecular weight excluding hydrogens is 335 g/mol. The highest BCUT2D eigenvalue weighted by atomic mass is 19.1. The quantitative estimate of drug-likeness (QED) is 0.889. The minimum Gasteiger partial charge on any atom is -0.496 e. The maximum Gasteiger partial charge on any atom is 0.317 e. The van der Waals surface area contributed by atoms with E-state index in [9.17, 15) is 9.18 Å². The van der Waals surface area contributed by atoms with Crippen LogP contribution in [-0.4, -0.2) is 37.2 Å². The standard InChI is InChI=1S/C20H23FN2O3/c1-25-19-5-3-2-4-15(19)14-22-20(24)23-12-10-18(11-13-23)26-17-8-6-16(21)7-9-17/h2-9,18H,10-14H2,1H3,(H,22,24). The van der Waals surface area contributed by atoms with Crippen molar-refractivity contribution in [3.8, 4) is 11.5 Å². The molecule has 1 aliphatic rings. The van der Waals surface area contributed by atoms with Crippen LogP contribution in [0.1, 0.15) is 18.4 Å². The molecule has 1 N–H and O–H groups in total. The Labute approximate surface area is 152 Å². The molecule has 1 aliphatic heterocycles. The van der Waals surface area contributed by atoms with Crippen LogP contribution in [0.4, 0.5) is 9.18 Å². The molecule has 0 saturated carbocycles. The summed E-state index contributed by atoms with van der Waals surface area (Å²) < 4.78 is 24.1. The summed E-state index contributed by atoms with van der Waals surface area (Å²) in [6, 6.07) is 13.6. The number of amides is 2. The topological polar surface area (TPSA) is 50.8 Å². The normalized spacial score (nSPS) is 14.8. The summed E-state index contributed by atoms with van der Waals surface area (Å²) in [4.78, 5) is 14.2. The fourth-order valence-corrected chi connectivity index (χ4v) is 3.01. The molecule has 3 rings (SSSR count). The van der Waals surface area contributed by atoms with E-state index in [0.29, 0.717) is 25.4 Å². The van der Waals surface area contributed by atoms with E-state index >= 15 is 0 Å². The first-order valence-corrected chi connectivity index (χ1v) is 8.72. The number of nitrogens with zero attached hydrogens (tertiary/aromatic N) is 1. The summed E-state index contributed by atoms with van der Waals surface area (Å²) >= 11 is 0. The number of likely N-dealkylation sites (tertiary alicyclic amines) is 1. The van der Waals surface area contributed by atoms with Crippen molar-refractivity contribution in [2.24, 2.45) is 0 Å². The van der Waals surface area contributed by atoms with Crippen LogP contribution in [-0.2, 0) is 6.54 Å². The van der Waals surface area contributed by atoms with Gasteiger partial charge in [-0.3, -0.25) is 0 Å². The average molecular weight is 358 g/mol. The Morgan fingerprint density at radius 1 is 1.15 bits per heavy atom. The third-order valence-electron chi connectivity index (χ3n) is 4.47. The number of methoxy groups -OCH3 is 1. The maximum atomic E-state index is 12.9. The van der Waals surface area contributed by atoms with Gasteiger partial charge in [0, 0.05) is 38.0 Å². The van der Waals surface area contributed by atoms with Gasteiger partial charge in [-0.15, -0.1) is 0 Å². The fraction of sp³-hybridized carbons (Fsp3) is 0.350. The molecule has 1 saturated heterocycles. The number of para-hydroxylation sites is 1. The molecule has 0 radical (unpaired) electrons. The lowest BCUT2D eigenvalue weighted by Crippen LogP contribution is -2.46. The van der Waals surface area contributed by atoms with E-state index in [4.69, 9.17) is 9.47 Å². The summed E-state index contributed by atoms with van der Waals surface area (Å²) in [7, 11) is 1.62. The zero-order chi connectivity index (χ0) is 18.4. The number of halogens is 1. The minimum atomic E-state index is -0.279. The summed E-state index contributed by atoms with van der Waals surface area (Å²) in [5.74, 6) is 1.14. The van der Waals surface area contributed by atoms with Gasteiger partial charge in [0.05, 0.1) is 7.11 Å². The molecule has 0 atom stereocenters. The van der Waals surface area contributed by atoms with Crippen LogP contribution in [0.25, 0.3) is 0 Å². The number of urea groups is 1. The molecule has 26 heavy (non-hydrogen) atoms. The molecule has 1 fully saturated rings. The number of piperidine rings is 1. The number of nitrogens with one attached hydrogen (secondary N) is 1. The highest BCUT2D eigenvalue weighted by Gasteiger charge is 2.24. The van der Waals surface area contributed by atoms with Crippen LogP contribution >= 0.6 is 0 Å². The Hall–Kier alpha value is -2.76. The Balaban J connectivity index is 1.45. The molecule has 0 unspecified atom stereocenters. The third-order valence-corrected chi connectivity index (χ3v) is 4.47. The Morgan fingerprint density at radius 3 is 2.54 bits per heavy atom. The van der Waals surface area contributed by atoms with Gasteiger partial charge in [-0.25, -0.2) is 9.18 Å². The van der Waals surface area contributed by atoms with E-state index in [0.717, 1.165) is 24.2 Å². The first-order chi connectivity index (χ1) is 12.7. The van der Waals surface area contributed by atoms with E-state index in [-0.39, 0.29) is 18.0 Å². The van der Waals surface area contributed by atoms with Crippen LogP contribution in [0, 0.1) is 5.82 Å². The SMILES string of the molecule is COc1ccccc1CNC(=O)N1CCC(Oc2ccc(F)cc2)CC1. The van der Waals surface area contributed by atoms with E-state index in [1.165, 1.54) is 12.1 Å². The van der Waals surface area contributed by atoms with Crippen molar-refractivity contribution < 1.29 is 18.7 Å². The Kier molecular flexibility index (Phi) is 5.94. The van der Waals surface area contributed by atoms with Gasteiger partial charge in [-0.2, -0.15) is 0 Å². The van der Waals surface area contributed by atoms with Gasteiger partial charge in [0.15, 0.2) is 0 Å². The van der Waals surface area contributed by atoms with Crippen molar-refractivity contribution in [3.05, 3.63) is 59.9 Å². The molecule has 1 heterocycles. The Bertz CT molecular complexity index is 728. The van der Waals surface area contributed by atoms with Crippen molar-refractivity contribution in [2.45, 2.75) is 25.5 Å². The van der Waals surface area contributed by atoms with Gasteiger partial charge in [0.1, 0.15) is 23.4 Å².